The van der Waals surface area contributed by atoms with Crippen molar-refractivity contribution in [1.29, 1.82) is 0 Å². The first-order valence-electron chi connectivity index (χ1n) is 9.31. The van der Waals surface area contributed by atoms with Crippen LogP contribution in [-0.4, -0.2) is 38.3 Å². The first-order valence-corrected chi connectivity index (χ1v) is 10.7. The van der Waals surface area contributed by atoms with Crippen LogP contribution >= 0.6 is 0 Å². The minimum absolute atomic E-state index is 0.217. The molecule has 146 valence electrons. The second-order valence-corrected chi connectivity index (χ2v) is 8.93. The van der Waals surface area contributed by atoms with E-state index in [1.165, 1.54) is 4.31 Å². The van der Waals surface area contributed by atoms with Crippen LogP contribution in [0.4, 0.5) is 0 Å². The molecule has 1 fully saturated rings. The maximum absolute atomic E-state index is 13.2. The third-order valence-corrected chi connectivity index (χ3v) is 6.96. The number of carbonyl (C=O) groups excluding carboxylic acids is 1. The highest BCUT2D eigenvalue weighted by molar-refractivity contribution is 7.89. The number of ether oxygens (including phenoxy) is 1. The number of sulfonamides is 1. The van der Waals surface area contributed by atoms with Crippen molar-refractivity contribution in [1.82, 2.24) is 4.31 Å². The summed E-state index contributed by atoms with van der Waals surface area (Å²) in [6.45, 7) is 7.07. The van der Waals surface area contributed by atoms with Crippen LogP contribution in [0.3, 0.4) is 0 Å². The maximum atomic E-state index is 13.2. The molecule has 0 bridgehead atoms. The van der Waals surface area contributed by atoms with Crippen molar-refractivity contribution < 1.29 is 17.9 Å². The summed E-state index contributed by atoms with van der Waals surface area (Å²) in [4.78, 5) is 11.5. The number of carbonyl (C=O) groups is 1. The standard InChI is InChI=1S/C19H30N2O4S/c1-4-5-6-11-25-17-12-14(2)15(3)13-18(17)26(23,24)21-9-7-16(8-10-21)19(20)22/h12-13,16H,4-11H2,1-3H3,(H2,20,22). The van der Waals surface area contributed by atoms with Crippen molar-refractivity contribution in [3.63, 3.8) is 0 Å². The van der Waals surface area contributed by atoms with Gasteiger partial charge in [-0.05, 0) is 56.4 Å². The largest absolute Gasteiger partial charge is 0.492 e. The fraction of sp³-hybridized carbons (Fsp3) is 0.632. The number of rotatable bonds is 8. The highest BCUT2D eigenvalue weighted by atomic mass is 32.2. The van der Waals surface area contributed by atoms with Crippen LogP contribution in [0, 0.1) is 19.8 Å². The summed E-state index contributed by atoms with van der Waals surface area (Å²) in [5.74, 6) is -0.180. The molecule has 0 atom stereocenters. The molecule has 0 radical (unpaired) electrons. The Labute approximate surface area is 156 Å². The number of nitrogens with two attached hydrogens (primary N) is 1. The van der Waals surface area contributed by atoms with E-state index in [-0.39, 0.29) is 16.7 Å². The van der Waals surface area contributed by atoms with Gasteiger partial charge in [-0.1, -0.05) is 19.8 Å². The van der Waals surface area contributed by atoms with Gasteiger partial charge in [-0.2, -0.15) is 4.31 Å². The SMILES string of the molecule is CCCCCOc1cc(C)c(C)cc1S(=O)(=O)N1CCC(C(N)=O)CC1. The fourth-order valence-electron chi connectivity index (χ4n) is 3.13. The van der Waals surface area contributed by atoms with Crippen LogP contribution in [-0.2, 0) is 14.8 Å². The lowest BCUT2D eigenvalue weighted by molar-refractivity contribution is -0.122. The van der Waals surface area contributed by atoms with Crippen molar-refractivity contribution >= 4 is 15.9 Å². The lowest BCUT2D eigenvalue weighted by Gasteiger charge is -2.30. The molecule has 0 aliphatic carbocycles. The van der Waals surface area contributed by atoms with E-state index in [0.717, 1.165) is 30.4 Å². The molecule has 1 aromatic rings. The number of nitrogens with zero attached hydrogens (tertiary/aromatic N) is 1. The van der Waals surface area contributed by atoms with Gasteiger partial charge in [0.05, 0.1) is 6.61 Å². The van der Waals surface area contributed by atoms with Crippen LogP contribution in [0.25, 0.3) is 0 Å². The minimum atomic E-state index is -3.67. The summed E-state index contributed by atoms with van der Waals surface area (Å²) in [6, 6.07) is 3.50. The van der Waals surface area contributed by atoms with Gasteiger partial charge >= 0.3 is 0 Å². The molecular weight excluding hydrogens is 352 g/mol. The molecule has 2 rings (SSSR count). The molecule has 0 aromatic heterocycles. The predicted octanol–water partition coefficient (Wildman–Crippen LogP) is 2.76. The number of primary amides is 1. The average Bonchev–Trinajstić information content (AvgIpc) is 2.61. The summed E-state index contributed by atoms with van der Waals surface area (Å²) in [7, 11) is -3.67. The highest BCUT2D eigenvalue weighted by Gasteiger charge is 2.33. The topological polar surface area (TPSA) is 89.7 Å². The number of hydrogen-bond acceptors (Lipinski definition) is 4. The zero-order chi connectivity index (χ0) is 19.3. The Kier molecular flexibility index (Phi) is 7.06. The minimum Gasteiger partial charge on any atom is -0.492 e. The molecule has 1 heterocycles. The van der Waals surface area contributed by atoms with Crippen molar-refractivity contribution in [2.45, 2.75) is 57.8 Å². The van der Waals surface area contributed by atoms with E-state index in [2.05, 4.69) is 6.92 Å². The Morgan fingerprint density at radius 2 is 1.81 bits per heavy atom. The lowest BCUT2D eigenvalue weighted by Crippen LogP contribution is -2.41. The Morgan fingerprint density at radius 3 is 2.38 bits per heavy atom. The molecule has 1 saturated heterocycles. The van der Waals surface area contributed by atoms with E-state index >= 15 is 0 Å². The molecule has 1 aliphatic rings. The van der Waals surface area contributed by atoms with Crippen LogP contribution in [0.5, 0.6) is 5.75 Å². The fourth-order valence-corrected chi connectivity index (χ4v) is 4.80. The van der Waals surface area contributed by atoms with Crippen LogP contribution in [0.1, 0.15) is 50.2 Å². The van der Waals surface area contributed by atoms with Crippen molar-refractivity contribution in [2.24, 2.45) is 11.7 Å². The summed E-state index contributed by atoms with van der Waals surface area (Å²) < 4.78 is 33.6. The molecule has 0 unspecified atom stereocenters. The number of aryl methyl sites for hydroxylation is 2. The number of unbranched alkanes of at least 4 members (excludes halogenated alkanes) is 2. The first kappa shape index (κ1) is 20.7. The monoisotopic (exact) mass is 382 g/mol. The Morgan fingerprint density at radius 1 is 1.19 bits per heavy atom. The molecule has 2 N–H and O–H groups in total. The van der Waals surface area contributed by atoms with Crippen molar-refractivity contribution in [3.05, 3.63) is 23.3 Å². The van der Waals surface area contributed by atoms with Gasteiger partial charge in [0.1, 0.15) is 10.6 Å². The van der Waals surface area contributed by atoms with Gasteiger partial charge in [0, 0.05) is 19.0 Å². The predicted molar refractivity (Wildman–Crippen MR) is 102 cm³/mol. The molecule has 1 aliphatic heterocycles. The van der Waals surface area contributed by atoms with E-state index in [1.807, 2.05) is 19.9 Å². The molecule has 0 saturated carbocycles. The van der Waals surface area contributed by atoms with Gasteiger partial charge in [-0.25, -0.2) is 8.42 Å². The molecular formula is C19H30N2O4S. The molecule has 1 aromatic carbocycles. The van der Waals surface area contributed by atoms with Gasteiger partial charge in [0.25, 0.3) is 0 Å². The molecule has 7 heteroatoms. The van der Waals surface area contributed by atoms with Gasteiger partial charge in [0.2, 0.25) is 15.9 Å². The third kappa shape index (κ3) is 4.76. The summed E-state index contributed by atoms with van der Waals surface area (Å²) >= 11 is 0. The number of amides is 1. The maximum Gasteiger partial charge on any atom is 0.246 e. The highest BCUT2D eigenvalue weighted by Crippen LogP contribution is 2.32. The molecule has 26 heavy (non-hydrogen) atoms. The van der Waals surface area contributed by atoms with Crippen molar-refractivity contribution in [2.75, 3.05) is 19.7 Å². The smallest absolute Gasteiger partial charge is 0.246 e. The zero-order valence-electron chi connectivity index (χ0n) is 16.0. The van der Waals surface area contributed by atoms with Gasteiger partial charge < -0.3 is 10.5 Å². The number of piperidine rings is 1. The number of benzene rings is 1. The normalized spacial score (nSPS) is 16.6. The average molecular weight is 383 g/mol. The molecule has 6 nitrogen and oxygen atoms in total. The number of hydrogen-bond donors (Lipinski definition) is 1. The lowest BCUT2D eigenvalue weighted by atomic mass is 9.98. The summed E-state index contributed by atoms with van der Waals surface area (Å²) in [6.07, 6.45) is 3.95. The quantitative estimate of drug-likeness (QED) is 0.700. The van der Waals surface area contributed by atoms with E-state index in [4.69, 9.17) is 10.5 Å². The summed E-state index contributed by atoms with van der Waals surface area (Å²) in [5.41, 5.74) is 7.26. The second-order valence-electron chi connectivity index (χ2n) is 7.02. The van der Waals surface area contributed by atoms with Crippen molar-refractivity contribution in [3.8, 4) is 5.75 Å². The molecule has 0 spiro atoms. The summed E-state index contributed by atoms with van der Waals surface area (Å²) in [5, 5.41) is 0. The van der Waals surface area contributed by atoms with Gasteiger partial charge in [-0.15, -0.1) is 0 Å². The molecule has 1 amide bonds. The van der Waals surface area contributed by atoms with Crippen LogP contribution in [0.2, 0.25) is 0 Å². The van der Waals surface area contributed by atoms with Gasteiger partial charge in [-0.3, -0.25) is 4.79 Å². The Hall–Kier alpha value is -1.60. The van der Waals surface area contributed by atoms with E-state index in [1.54, 1.807) is 6.07 Å². The van der Waals surface area contributed by atoms with Gasteiger partial charge in [0.15, 0.2) is 0 Å². The van der Waals surface area contributed by atoms with Crippen LogP contribution in [0.15, 0.2) is 17.0 Å². The van der Waals surface area contributed by atoms with E-state index < -0.39 is 10.0 Å². The second kappa shape index (κ2) is 8.86. The Bertz CT molecular complexity index is 738. The van der Waals surface area contributed by atoms with E-state index in [9.17, 15) is 13.2 Å². The first-order chi connectivity index (χ1) is 12.3. The zero-order valence-corrected chi connectivity index (χ0v) is 16.8. The van der Waals surface area contributed by atoms with Crippen LogP contribution < -0.4 is 10.5 Å². The van der Waals surface area contributed by atoms with E-state index in [0.29, 0.717) is 38.3 Å². The third-order valence-electron chi connectivity index (χ3n) is 5.04. The Balaban J connectivity index is 2.24.